The molecule has 1 heterocycles. The van der Waals surface area contributed by atoms with Crippen molar-refractivity contribution in [2.45, 2.75) is 66.1 Å². The van der Waals surface area contributed by atoms with Crippen LogP contribution in [0.2, 0.25) is 0 Å². The van der Waals surface area contributed by atoms with E-state index in [-0.39, 0.29) is 11.3 Å². The van der Waals surface area contributed by atoms with Gasteiger partial charge < -0.3 is 19.4 Å². The zero-order chi connectivity index (χ0) is 19.0. The van der Waals surface area contributed by atoms with Crippen molar-refractivity contribution < 1.29 is 18.8 Å². The van der Waals surface area contributed by atoms with Crippen LogP contribution in [0.5, 0.6) is 5.75 Å². The number of ether oxygens (including phenoxy) is 1. The Bertz CT molecular complexity index is 633. The van der Waals surface area contributed by atoms with Crippen LogP contribution in [0.3, 0.4) is 0 Å². The van der Waals surface area contributed by atoms with Crippen molar-refractivity contribution in [2.75, 3.05) is 12.4 Å². The fraction of sp³-hybridized carbons (Fsp3) is 0.632. The molecule has 5 nitrogen and oxygen atoms in total. The minimum absolute atomic E-state index is 0.0332. The molecule has 0 aromatic heterocycles. The summed E-state index contributed by atoms with van der Waals surface area (Å²) < 4.78 is 17.6. The number of benzene rings is 1. The number of carbonyl (C=O) groups excluding carboxylic acids is 1. The number of hydrogen-bond donors (Lipinski definition) is 1. The standard InChI is InChI=1S/C19H30BNO4/c1-17(2,3)12-16(22)21-14-10-9-13(11-15(14)23-8)20-24-18(4,5)19(6,7)25-20/h9-11H,12H2,1-8H3,(H,21,22). The van der Waals surface area contributed by atoms with E-state index in [0.29, 0.717) is 17.9 Å². The van der Waals surface area contributed by atoms with Gasteiger partial charge in [-0.05, 0) is 50.7 Å². The molecular weight excluding hydrogens is 317 g/mol. The minimum atomic E-state index is -0.460. The van der Waals surface area contributed by atoms with Crippen molar-refractivity contribution in [2.24, 2.45) is 5.41 Å². The maximum atomic E-state index is 12.2. The Balaban J connectivity index is 2.19. The van der Waals surface area contributed by atoms with E-state index < -0.39 is 18.3 Å². The van der Waals surface area contributed by atoms with Crippen molar-refractivity contribution in [3.63, 3.8) is 0 Å². The van der Waals surface area contributed by atoms with Gasteiger partial charge in [-0.1, -0.05) is 26.8 Å². The molecule has 138 valence electrons. The lowest BCUT2D eigenvalue weighted by Gasteiger charge is -2.32. The average Bonchev–Trinajstić information content (AvgIpc) is 2.65. The summed E-state index contributed by atoms with van der Waals surface area (Å²) in [5, 5.41) is 2.92. The maximum Gasteiger partial charge on any atom is 0.494 e. The van der Waals surface area contributed by atoms with Gasteiger partial charge in [0.25, 0.3) is 0 Å². The van der Waals surface area contributed by atoms with Crippen LogP contribution in [0.1, 0.15) is 54.9 Å². The third kappa shape index (κ3) is 4.56. The van der Waals surface area contributed by atoms with E-state index in [4.69, 9.17) is 14.0 Å². The Hall–Kier alpha value is -1.53. The second-order valence-corrected chi connectivity index (χ2v) is 8.83. The topological polar surface area (TPSA) is 56.8 Å². The highest BCUT2D eigenvalue weighted by Gasteiger charge is 2.51. The van der Waals surface area contributed by atoms with E-state index in [1.807, 2.05) is 66.7 Å². The van der Waals surface area contributed by atoms with Gasteiger partial charge in [0.15, 0.2) is 0 Å². The molecule has 1 fully saturated rings. The number of amides is 1. The molecule has 1 saturated heterocycles. The largest absolute Gasteiger partial charge is 0.495 e. The van der Waals surface area contributed by atoms with Gasteiger partial charge in [-0.15, -0.1) is 0 Å². The molecule has 1 N–H and O–H groups in total. The van der Waals surface area contributed by atoms with E-state index in [1.165, 1.54) is 0 Å². The molecule has 0 unspecified atom stereocenters. The van der Waals surface area contributed by atoms with Crippen LogP contribution in [-0.4, -0.2) is 31.3 Å². The molecule has 1 aromatic carbocycles. The van der Waals surface area contributed by atoms with Gasteiger partial charge in [0.2, 0.25) is 5.91 Å². The Morgan fingerprint density at radius 3 is 2.20 bits per heavy atom. The molecule has 0 bridgehead atoms. The molecule has 1 aliphatic rings. The Labute approximate surface area is 151 Å². The van der Waals surface area contributed by atoms with E-state index in [1.54, 1.807) is 7.11 Å². The normalized spacial score (nSPS) is 19.0. The molecule has 0 spiro atoms. The molecular formula is C19H30BNO4. The molecule has 0 aliphatic carbocycles. The molecule has 0 atom stereocenters. The number of carbonyl (C=O) groups is 1. The highest BCUT2D eigenvalue weighted by molar-refractivity contribution is 6.62. The number of anilines is 1. The number of methoxy groups -OCH3 is 1. The summed E-state index contributed by atoms with van der Waals surface area (Å²) in [4.78, 5) is 12.2. The monoisotopic (exact) mass is 347 g/mol. The number of hydrogen-bond acceptors (Lipinski definition) is 4. The summed E-state index contributed by atoms with van der Waals surface area (Å²) in [6, 6.07) is 5.59. The summed E-state index contributed by atoms with van der Waals surface area (Å²) >= 11 is 0. The van der Waals surface area contributed by atoms with E-state index >= 15 is 0 Å². The van der Waals surface area contributed by atoms with Crippen LogP contribution in [0.25, 0.3) is 0 Å². The summed E-state index contributed by atoms with van der Waals surface area (Å²) in [5.41, 5.74) is 0.649. The predicted octanol–water partition coefficient (Wildman–Crippen LogP) is 3.37. The third-order valence-corrected chi connectivity index (χ3v) is 4.72. The number of rotatable bonds is 4. The lowest BCUT2D eigenvalue weighted by Crippen LogP contribution is -2.41. The molecule has 25 heavy (non-hydrogen) atoms. The predicted molar refractivity (Wildman–Crippen MR) is 101 cm³/mol. The van der Waals surface area contributed by atoms with Gasteiger partial charge in [0.05, 0.1) is 24.0 Å². The Morgan fingerprint density at radius 1 is 1.16 bits per heavy atom. The first-order chi connectivity index (χ1) is 11.3. The quantitative estimate of drug-likeness (QED) is 0.849. The lowest BCUT2D eigenvalue weighted by molar-refractivity contribution is -0.117. The zero-order valence-corrected chi connectivity index (χ0v) is 16.6. The summed E-state index contributed by atoms with van der Waals surface area (Å²) in [5.74, 6) is 0.559. The van der Waals surface area contributed by atoms with Crippen molar-refractivity contribution in [1.29, 1.82) is 0 Å². The van der Waals surface area contributed by atoms with Crippen LogP contribution in [0.4, 0.5) is 5.69 Å². The molecule has 1 aromatic rings. The zero-order valence-electron chi connectivity index (χ0n) is 16.6. The van der Waals surface area contributed by atoms with Crippen LogP contribution in [-0.2, 0) is 14.1 Å². The first-order valence-electron chi connectivity index (χ1n) is 8.68. The second-order valence-electron chi connectivity index (χ2n) is 8.83. The first kappa shape index (κ1) is 19.8. The van der Waals surface area contributed by atoms with Crippen molar-refractivity contribution >= 4 is 24.2 Å². The van der Waals surface area contributed by atoms with E-state index in [9.17, 15) is 4.79 Å². The average molecular weight is 347 g/mol. The van der Waals surface area contributed by atoms with Crippen LogP contribution < -0.4 is 15.5 Å². The highest BCUT2D eigenvalue weighted by atomic mass is 16.7. The first-order valence-corrected chi connectivity index (χ1v) is 8.68. The molecule has 6 heteroatoms. The molecule has 0 radical (unpaired) electrons. The van der Waals surface area contributed by atoms with Gasteiger partial charge in [0, 0.05) is 6.42 Å². The Morgan fingerprint density at radius 2 is 1.72 bits per heavy atom. The fourth-order valence-corrected chi connectivity index (χ4v) is 2.61. The summed E-state index contributed by atoms with van der Waals surface area (Å²) in [6.45, 7) is 14.2. The SMILES string of the molecule is COc1cc(B2OC(C)(C)C(C)(C)O2)ccc1NC(=O)CC(C)(C)C. The highest BCUT2D eigenvalue weighted by Crippen LogP contribution is 2.37. The van der Waals surface area contributed by atoms with Crippen molar-refractivity contribution in [3.05, 3.63) is 18.2 Å². The van der Waals surface area contributed by atoms with E-state index in [0.717, 1.165) is 5.46 Å². The summed E-state index contributed by atoms with van der Waals surface area (Å²) in [7, 11) is 1.13. The third-order valence-electron chi connectivity index (χ3n) is 4.72. The molecule has 1 aliphatic heterocycles. The van der Waals surface area contributed by atoms with Crippen LogP contribution in [0, 0.1) is 5.41 Å². The van der Waals surface area contributed by atoms with Crippen molar-refractivity contribution in [1.82, 2.24) is 0 Å². The van der Waals surface area contributed by atoms with Gasteiger partial charge in [-0.2, -0.15) is 0 Å². The smallest absolute Gasteiger partial charge is 0.494 e. The number of nitrogens with one attached hydrogen (secondary N) is 1. The van der Waals surface area contributed by atoms with Crippen molar-refractivity contribution in [3.8, 4) is 5.75 Å². The lowest BCUT2D eigenvalue weighted by atomic mass is 9.79. The van der Waals surface area contributed by atoms with Crippen LogP contribution in [0.15, 0.2) is 18.2 Å². The molecule has 2 rings (SSSR count). The van der Waals surface area contributed by atoms with Gasteiger partial charge >= 0.3 is 7.12 Å². The fourth-order valence-electron chi connectivity index (χ4n) is 2.61. The van der Waals surface area contributed by atoms with Gasteiger partial charge in [-0.3, -0.25) is 4.79 Å². The van der Waals surface area contributed by atoms with Gasteiger partial charge in [0.1, 0.15) is 5.75 Å². The summed E-state index contributed by atoms with van der Waals surface area (Å²) in [6.07, 6.45) is 0.440. The molecule has 1 amide bonds. The van der Waals surface area contributed by atoms with Gasteiger partial charge in [-0.25, -0.2) is 0 Å². The minimum Gasteiger partial charge on any atom is -0.495 e. The van der Waals surface area contributed by atoms with Crippen LogP contribution >= 0.6 is 0 Å². The Kier molecular flexibility index (Phi) is 5.27. The second kappa shape index (κ2) is 6.65. The van der Waals surface area contributed by atoms with E-state index in [2.05, 4.69) is 5.32 Å². The maximum absolute atomic E-state index is 12.2. The molecule has 0 saturated carbocycles.